The van der Waals surface area contributed by atoms with E-state index in [-0.39, 0.29) is 0 Å². The maximum atomic E-state index is 4.19. The lowest BCUT2D eigenvalue weighted by molar-refractivity contribution is 0.670. The fourth-order valence-corrected chi connectivity index (χ4v) is 5.26. The predicted molar refractivity (Wildman–Crippen MR) is 98.5 cm³/mol. The molecule has 0 spiro atoms. The summed E-state index contributed by atoms with van der Waals surface area (Å²) in [4.78, 5) is 7.06. The minimum atomic E-state index is 0.897. The van der Waals surface area contributed by atoms with E-state index in [2.05, 4.69) is 52.1 Å². The fraction of sp³-hybridized carbons (Fsp3) is 0.353. The summed E-state index contributed by atoms with van der Waals surface area (Å²) in [6.45, 7) is 2.26. The molecule has 1 nitrogen and oxygen atoms in total. The first-order valence-electron chi connectivity index (χ1n) is 7.40. The first-order chi connectivity index (χ1) is 10.3. The molecule has 3 aromatic heterocycles. The van der Waals surface area contributed by atoms with Gasteiger partial charge in [-0.05, 0) is 58.6 Å². The van der Waals surface area contributed by atoms with Crippen LogP contribution in [0, 0.1) is 0 Å². The van der Waals surface area contributed by atoms with Gasteiger partial charge in [-0.2, -0.15) is 0 Å². The van der Waals surface area contributed by atoms with Crippen LogP contribution in [0.5, 0.6) is 0 Å². The van der Waals surface area contributed by atoms with Crippen molar-refractivity contribution in [2.75, 3.05) is 0 Å². The Bertz CT molecular complexity index is 698. The van der Waals surface area contributed by atoms with Crippen LogP contribution in [0.2, 0.25) is 0 Å². The fourth-order valence-electron chi connectivity index (χ4n) is 2.43. The van der Waals surface area contributed by atoms with Crippen molar-refractivity contribution in [3.05, 3.63) is 39.9 Å². The van der Waals surface area contributed by atoms with Crippen LogP contribution in [0.4, 0.5) is 0 Å². The first kappa shape index (κ1) is 15.2. The number of nitrogens with zero attached hydrogens (tertiary/aromatic N) is 1. The van der Waals surface area contributed by atoms with Crippen molar-refractivity contribution in [2.24, 2.45) is 0 Å². The zero-order valence-corrected chi connectivity index (χ0v) is 15.3. The molecule has 0 aliphatic carbocycles. The maximum Gasteiger partial charge on any atom is 0.106 e. The summed E-state index contributed by atoms with van der Waals surface area (Å²) in [6.07, 6.45) is 8.45. The number of hydrogen-bond donors (Lipinski definition) is 0. The van der Waals surface area contributed by atoms with Gasteiger partial charge >= 0.3 is 0 Å². The molecule has 0 radical (unpaired) electrons. The van der Waals surface area contributed by atoms with Gasteiger partial charge in [0.1, 0.15) is 4.60 Å². The third-order valence-corrected chi connectivity index (χ3v) is 6.38. The van der Waals surface area contributed by atoms with Crippen molar-refractivity contribution in [1.82, 2.24) is 4.98 Å². The molecule has 3 rings (SSSR count). The third kappa shape index (κ3) is 3.74. The van der Waals surface area contributed by atoms with Gasteiger partial charge in [-0.25, -0.2) is 4.98 Å². The molecule has 0 N–H and O–H groups in total. The molecule has 0 aromatic carbocycles. The standard InChI is InChI=1S/C17H18BrNS2/c1-2-3-4-5-6-13-10-15-16(20-13)11-14(21-15)12-7-8-19-17(18)9-12/h7-11H,2-6H2,1H3. The molecule has 0 atom stereocenters. The van der Waals surface area contributed by atoms with E-state index in [0.717, 1.165) is 4.60 Å². The molecule has 0 aliphatic rings. The van der Waals surface area contributed by atoms with Gasteiger partial charge < -0.3 is 0 Å². The minimum absolute atomic E-state index is 0.897. The Hall–Kier alpha value is -0.710. The Kier molecular flexibility index (Phi) is 5.09. The minimum Gasteiger partial charge on any atom is -0.249 e. The molecular weight excluding hydrogens is 362 g/mol. The van der Waals surface area contributed by atoms with E-state index in [9.17, 15) is 0 Å². The molecule has 0 aliphatic heterocycles. The molecule has 110 valence electrons. The Morgan fingerprint density at radius 1 is 1.05 bits per heavy atom. The van der Waals surface area contributed by atoms with Crippen LogP contribution in [0.1, 0.15) is 37.5 Å². The van der Waals surface area contributed by atoms with Gasteiger partial charge in [0.05, 0.1) is 0 Å². The SMILES string of the molecule is CCCCCCc1cc2sc(-c3ccnc(Br)c3)cc2s1. The van der Waals surface area contributed by atoms with E-state index >= 15 is 0 Å². The van der Waals surface area contributed by atoms with Gasteiger partial charge in [0, 0.05) is 25.4 Å². The summed E-state index contributed by atoms with van der Waals surface area (Å²) in [5.74, 6) is 0. The van der Waals surface area contributed by atoms with Crippen molar-refractivity contribution in [1.29, 1.82) is 0 Å². The number of rotatable bonds is 6. The van der Waals surface area contributed by atoms with E-state index in [1.165, 1.54) is 56.8 Å². The van der Waals surface area contributed by atoms with E-state index in [4.69, 9.17) is 0 Å². The lowest BCUT2D eigenvalue weighted by Crippen LogP contribution is -1.80. The van der Waals surface area contributed by atoms with E-state index in [0.29, 0.717) is 0 Å². The highest BCUT2D eigenvalue weighted by Gasteiger charge is 2.09. The van der Waals surface area contributed by atoms with Crippen LogP contribution in [-0.4, -0.2) is 4.98 Å². The zero-order valence-electron chi connectivity index (χ0n) is 12.1. The number of halogens is 1. The summed E-state index contributed by atoms with van der Waals surface area (Å²) in [6, 6.07) is 8.87. The normalized spacial score (nSPS) is 11.3. The molecule has 0 bridgehead atoms. The number of unbranched alkanes of at least 4 members (excludes halogenated alkanes) is 3. The number of aromatic nitrogens is 1. The second-order valence-corrected chi connectivity index (χ2v) is 8.29. The summed E-state index contributed by atoms with van der Waals surface area (Å²) in [7, 11) is 0. The zero-order chi connectivity index (χ0) is 14.7. The number of pyridine rings is 1. The number of thiophene rings is 2. The van der Waals surface area contributed by atoms with Crippen molar-refractivity contribution >= 4 is 48.0 Å². The topological polar surface area (TPSA) is 12.9 Å². The summed E-state index contributed by atoms with van der Waals surface area (Å²) in [5, 5.41) is 0. The van der Waals surface area contributed by atoms with E-state index in [1.54, 1.807) is 0 Å². The van der Waals surface area contributed by atoms with Gasteiger partial charge in [0.15, 0.2) is 0 Å². The van der Waals surface area contributed by atoms with Gasteiger partial charge in [-0.3, -0.25) is 0 Å². The Balaban J connectivity index is 1.75. The van der Waals surface area contributed by atoms with Gasteiger partial charge in [-0.15, -0.1) is 22.7 Å². The molecule has 0 saturated carbocycles. The predicted octanol–water partition coefficient (Wildman–Crippen LogP) is 6.91. The molecule has 0 fully saturated rings. The van der Waals surface area contributed by atoms with Crippen molar-refractivity contribution in [2.45, 2.75) is 39.0 Å². The quantitative estimate of drug-likeness (QED) is 0.334. The molecule has 4 heteroatoms. The molecule has 0 amide bonds. The lowest BCUT2D eigenvalue weighted by atomic mass is 10.1. The number of hydrogen-bond acceptors (Lipinski definition) is 3. The highest BCUT2D eigenvalue weighted by atomic mass is 79.9. The molecule has 0 unspecified atom stereocenters. The molecule has 0 saturated heterocycles. The van der Waals surface area contributed by atoms with E-state index < -0.39 is 0 Å². The Labute approximate surface area is 142 Å². The average Bonchev–Trinajstić information content (AvgIpc) is 3.02. The van der Waals surface area contributed by atoms with Gasteiger partial charge in [0.2, 0.25) is 0 Å². The van der Waals surface area contributed by atoms with Gasteiger partial charge in [-0.1, -0.05) is 26.2 Å². The van der Waals surface area contributed by atoms with Crippen LogP contribution >= 0.6 is 38.6 Å². The number of aryl methyl sites for hydroxylation is 1. The third-order valence-electron chi connectivity index (χ3n) is 3.55. The van der Waals surface area contributed by atoms with Crippen LogP contribution in [0.25, 0.3) is 19.8 Å². The van der Waals surface area contributed by atoms with Crippen LogP contribution < -0.4 is 0 Å². The number of fused-ring (bicyclic) bond motifs is 1. The highest BCUT2D eigenvalue weighted by molar-refractivity contribution is 9.10. The largest absolute Gasteiger partial charge is 0.249 e. The highest BCUT2D eigenvalue weighted by Crippen LogP contribution is 2.39. The summed E-state index contributed by atoms with van der Waals surface area (Å²) >= 11 is 7.29. The molecular formula is C17H18BrNS2. The Morgan fingerprint density at radius 2 is 1.90 bits per heavy atom. The molecule has 3 aromatic rings. The summed E-state index contributed by atoms with van der Waals surface area (Å²) < 4.78 is 3.75. The average molecular weight is 380 g/mol. The molecule has 3 heterocycles. The monoisotopic (exact) mass is 379 g/mol. The lowest BCUT2D eigenvalue weighted by Gasteiger charge is -1.97. The van der Waals surface area contributed by atoms with Gasteiger partial charge in [0.25, 0.3) is 0 Å². The van der Waals surface area contributed by atoms with Crippen LogP contribution in [0.3, 0.4) is 0 Å². The second-order valence-electron chi connectivity index (χ2n) is 5.23. The molecule has 21 heavy (non-hydrogen) atoms. The second kappa shape index (κ2) is 7.03. The van der Waals surface area contributed by atoms with Crippen LogP contribution in [-0.2, 0) is 6.42 Å². The summed E-state index contributed by atoms with van der Waals surface area (Å²) in [5.41, 5.74) is 1.25. The van der Waals surface area contributed by atoms with Crippen molar-refractivity contribution in [3.8, 4) is 10.4 Å². The van der Waals surface area contributed by atoms with Crippen LogP contribution in [0.15, 0.2) is 35.1 Å². The van der Waals surface area contributed by atoms with Crippen molar-refractivity contribution < 1.29 is 0 Å². The smallest absolute Gasteiger partial charge is 0.106 e. The first-order valence-corrected chi connectivity index (χ1v) is 9.83. The maximum absolute atomic E-state index is 4.19. The Morgan fingerprint density at radius 3 is 2.67 bits per heavy atom. The van der Waals surface area contributed by atoms with E-state index in [1.807, 2.05) is 28.9 Å². The van der Waals surface area contributed by atoms with Crippen molar-refractivity contribution in [3.63, 3.8) is 0 Å².